The monoisotopic (exact) mass is 293 g/mol. The van der Waals surface area contributed by atoms with Crippen molar-refractivity contribution in [2.24, 2.45) is 11.8 Å². The minimum absolute atomic E-state index is 0.129. The summed E-state index contributed by atoms with van der Waals surface area (Å²) in [5.41, 5.74) is 0.972. The maximum atomic E-state index is 9.68. The van der Waals surface area contributed by atoms with E-state index in [9.17, 15) is 10.2 Å². The van der Waals surface area contributed by atoms with Crippen molar-refractivity contribution in [3.05, 3.63) is 23.8 Å². The number of phenolic OH excluding ortho intramolecular Hbond substituents is 2. The number of hydrogen-bond acceptors (Lipinski definition) is 3. The molecule has 1 unspecified atom stereocenters. The molecule has 0 saturated heterocycles. The summed E-state index contributed by atoms with van der Waals surface area (Å²) in [5.74, 6) is 1.61. The van der Waals surface area contributed by atoms with Crippen LogP contribution in [0, 0.1) is 11.8 Å². The Morgan fingerprint density at radius 2 is 1.24 bits per heavy atom. The quantitative estimate of drug-likeness (QED) is 0.739. The second kappa shape index (κ2) is 8.28. The fraction of sp³-hybridized carbons (Fsp3) is 0.667. The van der Waals surface area contributed by atoms with Gasteiger partial charge in [0.25, 0.3) is 0 Å². The average molecular weight is 293 g/mol. The molecule has 3 nitrogen and oxygen atoms in total. The van der Waals surface area contributed by atoms with Crippen molar-refractivity contribution in [2.45, 2.75) is 53.5 Å². The van der Waals surface area contributed by atoms with Crippen LogP contribution in [0.3, 0.4) is 0 Å². The van der Waals surface area contributed by atoms with Crippen molar-refractivity contribution in [1.82, 2.24) is 4.90 Å². The van der Waals surface area contributed by atoms with Gasteiger partial charge >= 0.3 is 0 Å². The molecular weight excluding hydrogens is 262 g/mol. The van der Waals surface area contributed by atoms with Crippen LogP contribution in [0.15, 0.2) is 18.2 Å². The molecule has 0 aliphatic heterocycles. The summed E-state index contributed by atoms with van der Waals surface area (Å²) in [5, 5.41) is 19.4. The summed E-state index contributed by atoms with van der Waals surface area (Å²) in [6, 6.07) is 5.08. The number of phenols is 2. The molecule has 0 radical (unpaired) electrons. The van der Waals surface area contributed by atoms with Crippen molar-refractivity contribution in [1.29, 1.82) is 0 Å². The molecule has 120 valence electrons. The predicted octanol–water partition coefficient (Wildman–Crippen LogP) is 4.55. The van der Waals surface area contributed by atoms with E-state index in [1.807, 2.05) is 0 Å². The van der Waals surface area contributed by atoms with E-state index in [0.29, 0.717) is 11.8 Å². The number of benzene rings is 1. The first kappa shape index (κ1) is 17.8. The Labute approximate surface area is 129 Å². The normalized spacial score (nSPS) is 13.3. The van der Waals surface area contributed by atoms with E-state index in [1.165, 1.54) is 6.07 Å². The highest BCUT2D eigenvalue weighted by atomic mass is 16.3. The van der Waals surface area contributed by atoms with Crippen LogP contribution in [0.1, 0.15) is 59.1 Å². The lowest BCUT2D eigenvalue weighted by atomic mass is 10.0. The maximum absolute atomic E-state index is 9.68. The molecule has 3 heteroatoms. The Kier molecular flexibility index (Phi) is 7.03. The highest BCUT2D eigenvalue weighted by Gasteiger charge is 2.17. The van der Waals surface area contributed by atoms with Gasteiger partial charge in [0.1, 0.15) is 11.5 Å². The van der Waals surface area contributed by atoms with E-state index in [-0.39, 0.29) is 17.5 Å². The first-order valence-electron chi connectivity index (χ1n) is 8.06. The zero-order valence-electron chi connectivity index (χ0n) is 14.1. The molecule has 0 saturated carbocycles. The summed E-state index contributed by atoms with van der Waals surface area (Å²) >= 11 is 0. The second-order valence-corrected chi connectivity index (χ2v) is 6.86. The molecule has 0 aliphatic rings. The average Bonchev–Trinajstić information content (AvgIpc) is 2.36. The van der Waals surface area contributed by atoms with Gasteiger partial charge < -0.3 is 10.2 Å². The minimum atomic E-state index is 0.129. The van der Waals surface area contributed by atoms with Gasteiger partial charge in [-0.05, 0) is 62.4 Å². The molecule has 0 amide bonds. The molecule has 0 bridgehead atoms. The number of hydrogen-bond donors (Lipinski definition) is 2. The number of aromatic hydroxyl groups is 2. The molecule has 0 spiro atoms. The zero-order valence-corrected chi connectivity index (χ0v) is 14.1. The third kappa shape index (κ3) is 6.38. The second-order valence-electron chi connectivity index (χ2n) is 6.86. The Balaban J connectivity index is 2.83. The summed E-state index contributed by atoms with van der Waals surface area (Å²) in [6.07, 6.45) is 2.32. The zero-order chi connectivity index (χ0) is 16.0. The Morgan fingerprint density at radius 3 is 1.62 bits per heavy atom. The topological polar surface area (TPSA) is 43.7 Å². The highest BCUT2D eigenvalue weighted by molar-refractivity contribution is 5.38. The van der Waals surface area contributed by atoms with Crippen molar-refractivity contribution in [3.8, 4) is 11.5 Å². The van der Waals surface area contributed by atoms with E-state index in [0.717, 1.165) is 31.5 Å². The van der Waals surface area contributed by atoms with Gasteiger partial charge in [0, 0.05) is 12.1 Å². The van der Waals surface area contributed by atoms with Crippen molar-refractivity contribution < 1.29 is 10.2 Å². The Morgan fingerprint density at radius 1 is 0.810 bits per heavy atom. The molecule has 0 fully saturated rings. The van der Waals surface area contributed by atoms with E-state index >= 15 is 0 Å². The van der Waals surface area contributed by atoms with Gasteiger partial charge in [0.05, 0.1) is 0 Å². The van der Waals surface area contributed by atoms with Gasteiger partial charge in [-0.15, -0.1) is 0 Å². The molecule has 0 aliphatic carbocycles. The van der Waals surface area contributed by atoms with Gasteiger partial charge in [-0.25, -0.2) is 0 Å². The third-order valence-electron chi connectivity index (χ3n) is 3.94. The molecule has 1 rings (SSSR count). The fourth-order valence-electron chi connectivity index (χ4n) is 2.42. The van der Waals surface area contributed by atoms with Gasteiger partial charge in [0.2, 0.25) is 0 Å². The van der Waals surface area contributed by atoms with Crippen molar-refractivity contribution in [2.75, 3.05) is 13.1 Å². The molecular formula is C18H31NO2. The third-order valence-corrected chi connectivity index (χ3v) is 3.94. The van der Waals surface area contributed by atoms with Crippen molar-refractivity contribution >= 4 is 0 Å². The van der Waals surface area contributed by atoms with Crippen LogP contribution in [0.4, 0.5) is 0 Å². The van der Waals surface area contributed by atoms with Gasteiger partial charge in [0.15, 0.2) is 0 Å². The molecule has 2 N–H and O–H groups in total. The molecule has 0 heterocycles. The number of nitrogens with zero attached hydrogens (tertiary/aromatic N) is 1. The molecule has 0 aromatic heterocycles. The smallest absolute Gasteiger partial charge is 0.119 e. The summed E-state index contributed by atoms with van der Waals surface area (Å²) in [7, 11) is 0. The Bertz CT molecular complexity index is 397. The molecule has 21 heavy (non-hydrogen) atoms. The van der Waals surface area contributed by atoms with E-state index < -0.39 is 0 Å². The first-order chi connectivity index (χ1) is 9.79. The molecule has 1 aromatic rings. The van der Waals surface area contributed by atoms with Crippen LogP contribution in [0.5, 0.6) is 11.5 Å². The van der Waals surface area contributed by atoms with Crippen molar-refractivity contribution in [3.63, 3.8) is 0 Å². The SMILES string of the molecule is CC(C)CCN(CCC(C)C)C(C)c1cc(O)cc(O)c1. The largest absolute Gasteiger partial charge is 0.508 e. The van der Waals surface area contributed by atoms with E-state index in [4.69, 9.17) is 0 Å². The standard InChI is InChI=1S/C18H31NO2/c1-13(2)6-8-19(9-7-14(3)4)15(5)16-10-17(20)12-18(21)11-16/h10-15,20-21H,6-9H2,1-5H3. The predicted molar refractivity (Wildman–Crippen MR) is 88.7 cm³/mol. The first-order valence-corrected chi connectivity index (χ1v) is 8.06. The maximum Gasteiger partial charge on any atom is 0.119 e. The summed E-state index contributed by atoms with van der Waals surface area (Å²) in [6.45, 7) is 13.2. The lowest BCUT2D eigenvalue weighted by Crippen LogP contribution is -2.30. The summed E-state index contributed by atoms with van der Waals surface area (Å²) in [4.78, 5) is 2.45. The number of rotatable bonds is 8. The highest BCUT2D eigenvalue weighted by Crippen LogP contribution is 2.29. The fourth-order valence-corrected chi connectivity index (χ4v) is 2.42. The van der Waals surface area contributed by atoms with E-state index in [2.05, 4.69) is 39.5 Å². The van der Waals surface area contributed by atoms with Crippen LogP contribution < -0.4 is 0 Å². The molecule has 1 atom stereocenters. The summed E-state index contributed by atoms with van der Waals surface area (Å²) < 4.78 is 0. The lowest BCUT2D eigenvalue weighted by Gasteiger charge is -2.31. The van der Waals surface area contributed by atoms with Crippen LogP contribution in [-0.2, 0) is 0 Å². The van der Waals surface area contributed by atoms with Crippen LogP contribution in [0.25, 0.3) is 0 Å². The minimum Gasteiger partial charge on any atom is -0.508 e. The van der Waals surface area contributed by atoms with Gasteiger partial charge in [-0.3, -0.25) is 4.90 Å². The van der Waals surface area contributed by atoms with Gasteiger partial charge in [-0.1, -0.05) is 27.7 Å². The van der Waals surface area contributed by atoms with Crippen LogP contribution >= 0.6 is 0 Å². The lowest BCUT2D eigenvalue weighted by molar-refractivity contribution is 0.188. The molecule has 1 aromatic carbocycles. The van der Waals surface area contributed by atoms with Gasteiger partial charge in [-0.2, -0.15) is 0 Å². The van der Waals surface area contributed by atoms with E-state index in [1.54, 1.807) is 12.1 Å². The van der Waals surface area contributed by atoms with Crippen LogP contribution in [-0.4, -0.2) is 28.2 Å². The van der Waals surface area contributed by atoms with Crippen LogP contribution in [0.2, 0.25) is 0 Å². The Hall–Kier alpha value is -1.22.